The highest BCUT2D eigenvalue weighted by Gasteiger charge is 2.48. The van der Waals surface area contributed by atoms with Gasteiger partial charge in [0.25, 0.3) is 11.8 Å². The molecular formula is C24H34N4O4S. The third-order valence-electron chi connectivity index (χ3n) is 7.31. The summed E-state index contributed by atoms with van der Waals surface area (Å²) in [6.07, 6.45) is 5.72. The SMILES string of the molecule is Cc1cc(C(=O)N(C)C)ccc1CCS(=O)(=O)N1CCC2(CC1)N=C(C1CCCC1)NC2=O. The second-order valence-electron chi connectivity index (χ2n) is 9.77. The Morgan fingerprint density at radius 3 is 2.48 bits per heavy atom. The van der Waals surface area contributed by atoms with E-state index in [4.69, 9.17) is 4.99 Å². The topological polar surface area (TPSA) is 99.2 Å². The van der Waals surface area contributed by atoms with Gasteiger partial charge in [0.05, 0.1) is 5.75 Å². The highest BCUT2D eigenvalue weighted by atomic mass is 32.2. The molecule has 2 amide bonds. The van der Waals surface area contributed by atoms with Crippen LogP contribution in [-0.2, 0) is 21.2 Å². The Balaban J connectivity index is 1.37. The maximum Gasteiger partial charge on any atom is 0.253 e. The monoisotopic (exact) mass is 474 g/mol. The van der Waals surface area contributed by atoms with Crippen molar-refractivity contribution in [3.63, 3.8) is 0 Å². The number of hydrogen-bond acceptors (Lipinski definition) is 5. The summed E-state index contributed by atoms with van der Waals surface area (Å²) in [5.74, 6) is 1.03. The summed E-state index contributed by atoms with van der Waals surface area (Å²) in [7, 11) is -0.0424. The molecule has 1 N–H and O–H groups in total. The van der Waals surface area contributed by atoms with E-state index in [0.717, 1.165) is 29.8 Å². The summed E-state index contributed by atoms with van der Waals surface area (Å²) in [5, 5.41) is 3.00. The van der Waals surface area contributed by atoms with E-state index in [9.17, 15) is 18.0 Å². The second-order valence-corrected chi connectivity index (χ2v) is 11.9. The molecule has 0 unspecified atom stereocenters. The van der Waals surface area contributed by atoms with Crippen LogP contribution in [0.5, 0.6) is 0 Å². The van der Waals surface area contributed by atoms with Crippen LogP contribution < -0.4 is 5.32 Å². The smallest absolute Gasteiger partial charge is 0.253 e. The van der Waals surface area contributed by atoms with Gasteiger partial charge in [0.2, 0.25) is 10.0 Å². The second kappa shape index (κ2) is 9.18. The highest BCUT2D eigenvalue weighted by Crippen LogP contribution is 2.35. The highest BCUT2D eigenvalue weighted by molar-refractivity contribution is 7.89. The van der Waals surface area contributed by atoms with E-state index in [2.05, 4.69) is 5.32 Å². The first-order valence-corrected chi connectivity index (χ1v) is 13.4. The lowest BCUT2D eigenvalue weighted by Gasteiger charge is -2.34. The maximum absolute atomic E-state index is 13.0. The van der Waals surface area contributed by atoms with Gasteiger partial charge in [-0.1, -0.05) is 18.9 Å². The zero-order valence-electron chi connectivity index (χ0n) is 19.8. The van der Waals surface area contributed by atoms with Gasteiger partial charge in [0, 0.05) is 38.7 Å². The molecule has 0 aromatic heterocycles. The molecule has 1 saturated heterocycles. The zero-order valence-corrected chi connectivity index (χ0v) is 20.6. The average Bonchev–Trinajstić information content (AvgIpc) is 3.42. The van der Waals surface area contributed by atoms with Gasteiger partial charge in [0.1, 0.15) is 11.4 Å². The molecule has 1 aliphatic carbocycles. The fourth-order valence-corrected chi connectivity index (χ4v) is 6.62. The summed E-state index contributed by atoms with van der Waals surface area (Å²) in [6.45, 7) is 2.52. The molecule has 8 nitrogen and oxygen atoms in total. The van der Waals surface area contributed by atoms with Crippen molar-refractivity contribution in [1.29, 1.82) is 0 Å². The van der Waals surface area contributed by atoms with Gasteiger partial charge in [-0.05, 0) is 62.3 Å². The van der Waals surface area contributed by atoms with E-state index < -0.39 is 15.6 Å². The number of aliphatic imine (C=N–C) groups is 1. The van der Waals surface area contributed by atoms with Gasteiger partial charge >= 0.3 is 0 Å². The molecule has 3 aliphatic rings. The Bertz CT molecular complexity index is 1070. The number of carbonyl (C=O) groups excluding carboxylic acids is 2. The number of amidine groups is 1. The van der Waals surface area contributed by atoms with Crippen molar-refractivity contribution >= 4 is 27.7 Å². The number of hydrogen-bond donors (Lipinski definition) is 1. The number of piperidine rings is 1. The number of amides is 2. The number of carbonyl (C=O) groups is 2. The van der Waals surface area contributed by atoms with Crippen LogP contribution >= 0.6 is 0 Å². The summed E-state index contributed by atoms with van der Waals surface area (Å²) in [6, 6.07) is 5.41. The van der Waals surface area contributed by atoms with Crippen molar-refractivity contribution in [3.05, 3.63) is 34.9 Å². The first kappa shape index (κ1) is 23.9. The molecule has 1 saturated carbocycles. The standard InChI is InChI=1S/C24H34N4O4S/c1-17-16-20(22(29)27(2)3)9-8-18(17)10-15-33(31,32)28-13-11-24(12-14-28)23(30)25-21(26-24)19-6-4-5-7-19/h8-9,16,19H,4-7,10-15H2,1-3H3,(H,25,26,30). The van der Waals surface area contributed by atoms with Gasteiger partial charge in [0.15, 0.2) is 0 Å². The maximum atomic E-state index is 13.0. The Morgan fingerprint density at radius 2 is 1.88 bits per heavy atom. The molecule has 33 heavy (non-hydrogen) atoms. The van der Waals surface area contributed by atoms with Gasteiger partial charge < -0.3 is 10.2 Å². The quantitative estimate of drug-likeness (QED) is 0.683. The van der Waals surface area contributed by atoms with Crippen molar-refractivity contribution < 1.29 is 18.0 Å². The van der Waals surface area contributed by atoms with Crippen molar-refractivity contribution in [2.75, 3.05) is 32.9 Å². The van der Waals surface area contributed by atoms with Crippen LogP contribution in [0.4, 0.5) is 0 Å². The molecule has 4 rings (SSSR count). The molecule has 9 heteroatoms. The molecule has 1 aromatic carbocycles. The van der Waals surface area contributed by atoms with Crippen molar-refractivity contribution in [2.45, 2.75) is 57.4 Å². The van der Waals surface area contributed by atoms with Crippen LogP contribution in [0.2, 0.25) is 0 Å². The molecule has 1 spiro atoms. The molecule has 0 radical (unpaired) electrons. The van der Waals surface area contributed by atoms with Crippen LogP contribution in [0.15, 0.2) is 23.2 Å². The van der Waals surface area contributed by atoms with Gasteiger partial charge in [-0.3, -0.25) is 14.6 Å². The Labute approximate surface area is 196 Å². The largest absolute Gasteiger partial charge is 0.345 e. The molecule has 180 valence electrons. The third kappa shape index (κ3) is 4.84. The van der Waals surface area contributed by atoms with Crippen LogP contribution in [0.3, 0.4) is 0 Å². The minimum Gasteiger partial charge on any atom is -0.345 e. The number of benzene rings is 1. The summed E-state index contributed by atoms with van der Waals surface area (Å²) in [5.41, 5.74) is 1.63. The van der Waals surface area contributed by atoms with E-state index in [1.54, 1.807) is 20.2 Å². The molecule has 0 bridgehead atoms. The lowest BCUT2D eigenvalue weighted by molar-refractivity contribution is -0.125. The molecular weight excluding hydrogens is 440 g/mol. The third-order valence-corrected chi connectivity index (χ3v) is 9.18. The van der Waals surface area contributed by atoms with Crippen LogP contribution in [0.25, 0.3) is 0 Å². The van der Waals surface area contributed by atoms with Crippen molar-refractivity contribution in [2.24, 2.45) is 10.9 Å². The van der Waals surface area contributed by atoms with Crippen LogP contribution in [0.1, 0.15) is 60.0 Å². The summed E-state index contributed by atoms with van der Waals surface area (Å²) in [4.78, 5) is 31.2. The average molecular weight is 475 g/mol. The van der Waals surface area contributed by atoms with E-state index in [1.807, 2.05) is 19.1 Å². The van der Waals surface area contributed by atoms with E-state index in [-0.39, 0.29) is 17.6 Å². The predicted molar refractivity (Wildman–Crippen MR) is 128 cm³/mol. The number of rotatable bonds is 6. The predicted octanol–water partition coefficient (Wildman–Crippen LogP) is 2.12. The normalized spacial score (nSPS) is 21.3. The van der Waals surface area contributed by atoms with Crippen molar-refractivity contribution in [3.8, 4) is 0 Å². The number of sulfonamides is 1. The Morgan fingerprint density at radius 1 is 1.21 bits per heavy atom. The minimum absolute atomic E-state index is 0.00457. The Kier molecular flexibility index (Phi) is 6.64. The van der Waals surface area contributed by atoms with Gasteiger partial charge in [-0.15, -0.1) is 0 Å². The summed E-state index contributed by atoms with van der Waals surface area (Å²) < 4.78 is 27.6. The van der Waals surface area contributed by atoms with Crippen molar-refractivity contribution in [1.82, 2.24) is 14.5 Å². The van der Waals surface area contributed by atoms with E-state index in [1.165, 1.54) is 22.0 Å². The minimum atomic E-state index is -3.45. The first-order chi connectivity index (χ1) is 15.6. The molecule has 2 fully saturated rings. The lowest BCUT2D eigenvalue weighted by Crippen LogP contribution is -2.51. The zero-order chi connectivity index (χ0) is 23.8. The van der Waals surface area contributed by atoms with E-state index in [0.29, 0.717) is 43.8 Å². The number of nitrogens with zero attached hydrogens (tertiary/aromatic N) is 3. The fraction of sp³-hybridized carbons (Fsp3) is 0.625. The van der Waals surface area contributed by atoms with Gasteiger partial charge in [-0.2, -0.15) is 0 Å². The van der Waals surface area contributed by atoms with Gasteiger partial charge in [-0.25, -0.2) is 12.7 Å². The van der Waals surface area contributed by atoms with E-state index >= 15 is 0 Å². The molecule has 2 aliphatic heterocycles. The fourth-order valence-electron chi connectivity index (χ4n) is 5.14. The lowest BCUT2D eigenvalue weighted by atomic mass is 9.89. The molecule has 0 atom stereocenters. The van der Waals surface area contributed by atoms with Crippen LogP contribution in [-0.4, -0.2) is 73.7 Å². The Hall–Kier alpha value is -2.26. The number of nitrogens with one attached hydrogen (secondary N) is 1. The summed E-state index contributed by atoms with van der Waals surface area (Å²) >= 11 is 0. The first-order valence-electron chi connectivity index (χ1n) is 11.8. The van der Waals surface area contributed by atoms with Crippen LogP contribution in [0, 0.1) is 12.8 Å². The number of aryl methyl sites for hydroxylation is 2. The molecule has 2 heterocycles. The molecule has 1 aromatic rings.